The number of nitrogens with zero attached hydrogens (tertiary/aromatic N) is 2. The number of rotatable bonds is 4. The minimum Gasteiger partial charge on any atom is -1.00 e. The van der Waals surface area contributed by atoms with Gasteiger partial charge in [-0.15, -0.1) is 0 Å². The van der Waals surface area contributed by atoms with Crippen LogP contribution in [0.3, 0.4) is 0 Å². The Balaban J connectivity index is 0.00000161. The molecule has 1 aliphatic heterocycles. The molecule has 3 nitrogen and oxygen atoms in total. The van der Waals surface area contributed by atoms with Crippen LogP contribution >= 0.6 is 0 Å². The highest BCUT2D eigenvalue weighted by molar-refractivity contribution is 5.60. The predicted octanol–water partition coefficient (Wildman–Crippen LogP) is 1.07. The van der Waals surface area contributed by atoms with Crippen molar-refractivity contribution in [2.24, 2.45) is 0 Å². The van der Waals surface area contributed by atoms with Gasteiger partial charge in [-0.2, -0.15) is 0 Å². The molecule has 0 unspecified atom stereocenters. The lowest BCUT2D eigenvalue weighted by atomic mass is 10.1. The first kappa shape index (κ1) is 15.9. The van der Waals surface area contributed by atoms with E-state index in [1.807, 2.05) is 6.20 Å². The average Bonchev–Trinajstić information content (AvgIpc) is 2.74. The number of aryl methyl sites for hydroxylation is 1. The van der Waals surface area contributed by atoms with Gasteiger partial charge in [-0.1, -0.05) is 13.3 Å². The third kappa shape index (κ3) is 3.59. The highest BCUT2D eigenvalue weighted by Gasteiger charge is 2.13. The van der Waals surface area contributed by atoms with Gasteiger partial charge >= 0.3 is 0 Å². The minimum atomic E-state index is 0. The zero-order valence-corrected chi connectivity index (χ0v) is 13.3. The van der Waals surface area contributed by atoms with Crippen LogP contribution in [0.15, 0.2) is 30.5 Å². The molecule has 4 heteroatoms. The summed E-state index contributed by atoms with van der Waals surface area (Å²) >= 11 is 0. The summed E-state index contributed by atoms with van der Waals surface area (Å²) in [7, 11) is 0. The molecule has 0 radical (unpaired) electrons. The second-order valence-electron chi connectivity index (χ2n) is 5.39. The molecule has 0 saturated carbocycles. The lowest BCUT2D eigenvalue weighted by Gasteiger charge is -2.10. The Morgan fingerprint density at radius 1 is 1.14 bits per heavy atom. The molecule has 1 aliphatic rings. The predicted molar refractivity (Wildman–Crippen MR) is 81.0 cm³/mol. The fourth-order valence-electron chi connectivity index (χ4n) is 2.77. The summed E-state index contributed by atoms with van der Waals surface area (Å²) in [5.41, 5.74) is 2.47. The maximum absolute atomic E-state index is 5.64. The number of imidazole rings is 1. The molecule has 2 heterocycles. The van der Waals surface area contributed by atoms with Crippen LogP contribution in [0.2, 0.25) is 0 Å². The minimum absolute atomic E-state index is 0. The van der Waals surface area contributed by atoms with Crippen molar-refractivity contribution >= 4 is 0 Å². The number of hydrogen-bond acceptors (Lipinski definition) is 2. The summed E-state index contributed by atoms with van der Waals surface area (Å²) in [5, 5.41) is 0. The fraction of sp³-hybridized carbons (Fsp3) is 0.471. The van der Waals surface area contributed by atoms with E-state index in [2.05, 4.69) is 40.7 Å². The van der Waals surface area contributed by atoms with E-state index in [9.17, 15) is 0 Å². The maximum Gasteiger partial charge on any atom is 0.119 e. The highest BCUT2D eigenvalue weighted by atomic mass is 35.5. The summed E-state index contributed by atoms with van der Waals surface area (Å²) in [4.78, 5) is 4.60. The Bertz CT molecular complexity index is 563. The van der Waals surface area contributed by atoms with Crippen molar-refractivity contribution < 1.29 is 17.1 Å². The van der Waals surface area contributed by atoms with E-state index in [1.165, 1.54) is 36.3 Å². The molecule has 0 atom stereocenters. The standard InChI is InChI=1S/C17H22N2O.ClH/c1-2-12-20-15-9-7-14(8-10-15)16-13-18-17-6-4-3-5-11-19(16)17;/h7-10,13H,2-6,11-12H2,1H3;1H/p-1. The van der Waals surface area contributed by atoms with Crippen molar-refractivity contribution in [2.75, 3.05) is 6.61 Å². The van der Waals surface area contributed by atoms with Crippen molar-refractivity contribution in [2.45, 2.75) is 45.6 Å². The van der Waals surface area contributed by atoms with Gasteiger partial charge in [0.15, 0.2) is 0 Å². The van der Waals surface area contributed by atoms with Gasteiger partial charge in [0.05, 0.1) is 18.5 Å². The van der Waals surface area contributed by atoms with Crippen LogP contribution < -0.4 is 17.1 Å². The van der Waals surface area contributed by atoms with Gasteiger partial charge in [0.2, 0.25) is 0 Å². The number of fused-ring (bicyclic) bond motifs is 1. The van der Waals surface area contributed by atoms with Crippen molar-refractivity contribution in [3.8, 4) is 17.0 Å². The molecule has 1 aromatic carbocycles. The van der Waals surface area contributed by atoms with Crippen molar-refractivity contribution in [3.05, 3.63) is 36.3 Å². The van der Waals surface area contributed by atoms with E-state index in [1.54, 1.807) is 0 Å². The Hall–Kier alpha value is -1.48. The molecule has 2 aromatic rings. The van der Waals surface area contributed by atoms with Crippen LogP contribution in [-0.4, -0.2) is 16.2 Å². The van der Waals surface area contributed by atoms with E-state index in [0.29, 0.717) is 0 Å². The van der Waals surface area contributed by atoms with Gasteiger partial charge in [0.1, 0.15) is 11.6 Å². The van der Waals surface area contributed by atoms with E-state index < -0.39 is 0 Å². The number of ether oxygens (including phenoxy) is 1. The van der Waals surface area contributed by atoms with Crippen molar-refractivity contribution in [1.82, 2.24) is 9.55 Å². The molecule has 114 valence electrons. The molecule has 0 amide bonds. The zero-order chi connectivity index (χ0) is 13.8. The summed E-state index contributed by atoms with van der Waals surface area (Å²) < 4.78 is 8.02. The molecule has 0 aliphatic carbocycles. The topological polar surface area (TPSA) is 27.1 Å². The lowest BCUT2D eigenvalue weighted by molar-refractivity contribution is -0.00000467. The van der Waals surface area contributed by atoms with Gasteiger partial charge < -0.3 is 21.7 Å². The summed E-state index contributed by atoms with van der Waals surface area (Å²) in [6.45, 7) is 4.00. The van der Waals surface area contributed by atoms with Crippen molar-refractivity contribution in [3.63, 3.8) is 0 Å². The number of halogens is 1. The average molecular weight is 306 g/mol. The number of aromatic nitrogens is 2. The molecule has 3 rings (SSSR count). The molecule has 21 heavy (non-hydrogen) atoms. The first-order chi connectivity index (χ1) is 9.88. The van der Waals surface area contributed by atoms with E-state index in [0.717, 1.165) is 31.7 Å². The largest absolute Gasteiger partial charge is 1.00 e. The number of benzene rings is 1. The molecule has 0 bridgehead atoms. The third-order valence-electron chi connectivity index (χ3n) is 3.84. The van der Waals surface area contributed by atoms with Gasteiger partial charge in [-0.3, -0.25) is 0 Å². The van der Waals surface area contributed by atoms with Gasteiger partial charge in [0, 0.05) is 18.5 Å². The molecule has 0 N–H and O–H groups in total. The summed E-state index contributed by atoms with van der Waals surface area (Å²) in [5.74, 6) is 2.19. The monoisotopic (exact) mass is 305 g/mol. The normalized spacial score (nSPS) is 14.0. The smallest absolute Gasteiger partial charge is 0.119 e. The second-order valence-corrected chi connectivity index (χ2v) is 5.39. The molecule has 0 fully saturated rings. The molecular formula is C17H22ClN2O-. The first-order valence-electron chi connectivity index (χ1n) is 7.66. The second kappa shape index (κ2) is 7.51. The molecule has 1 aromatic heterocycles. The Morgan fingerprint density at radius 3 is 2.71 bits per heavy atom. The molecule has 0 spiro atoms. The lowest BCUT2D eigenvalue weighted by Crippen LogP contribution is -3.00. The van der Waals surface area contributed by atoms with E-state index in [4.69, 9.17) is 4.74 Å². The SMILES string of the molecule is CCCOc1ccc(-c2cnc3n2CCCCC3)cc1.[Cl-]. The van der Waals surface area contributed by atoms with Crippen LogP contribution in [0.1, 0.15) is 38.4 Å². The van der Waals surface area contributed by atoms with Crippen LogP contribution in [0.4, 0.5) is 0 Å². The molecule has 0 saturated heterocycles. The quantitative estimate of drug-likeness (QED) is 0.845. The van der Waals surface area contributed by atoms with E-state index in [-0.39, 0.29) is 12.4 Å². The van der Waals surface area contributed by atoms with Crippen LogP contribution in [-0.2, 0) is 13.0 Å². The van der Waals surface area contributed by atoms with E-state index >= 15 is 0 Å². The Labute approximate surface area is 132 Å². The zero-order valence-electron chi connectivity index (χ0n) is 12.5. The maximum atomic E-state index is 5.64. The summed E-state index contributed by atoms with van der Waals surface area (Å²) in [6, 6.07) is 8.39. The van der Waals surface area contributed by atoms with Crippen molar-refractivity contribution in [1.29, 1.82) is 0 Å². The van der Waals surface area contributed by atoms with Crippen LogP contribution in [0.25, 0.3) is 11.3 Å². The highest BCUT2D eigenvalue weighted by Crippen LogP contribution is 2.26. The fourth-order valence-corrected chi connectivity index (χ4v) is 2.77. The number of hydrogen-bond donors (Lipinski definition) is 0. The molecular weight excluding hydrogens is 284 g/mol. The van der Waals surface area contributed by atoms with Gasteiger partial charge in [-0.25, -0.2) is 4.98 Å². The third-order valence-corrected chi connectivity index (χ3v) is 3.84. The van der Waals surface area contributed by atoms with Gasteiger partial charge in [0.25, 0.3) is 0 Å². The van der Waals surface area contributed by atoms with Crippen LogP contribution in [0.5, 0.6) is 5.75 Å². The Morgan fingerprint density at radius 2 is 1.95 bits per heavy atom. The summed E-state index contributed by atoms with van der Waals surface area (Å²) in [6.07, 6.45) is 8.00. The van der Waals surface area contributed by atoms with Gasteiger partial charge in [-0.05, 0) is 43.5 Å². The first-order valence-corrected chi connectivity index (χ1v) is 7.66. The van der Waals surface area contributed by atoms with Crippen LogP contribution in [0, 0.1) is 0 Å². The Kier molecular flexibility index (Phi) is 5.68.